The lowest BCUT2D eigenvalue weighted by atomic mass is 10.2. The maximum Gasteiger partial charge on any atom is 0.0562 e. The summed E-state index contributed by atoms with van der Waals surface area (Å²) in [5.41, 5.74) is 4.75. The fraction of sp³-hybridized carbons (Fsp3) is 0. The van der Waals surface area contributed by atoms with Crippen molar-refractivity contribution in [3.05, 3.63) is 63.6 Å². The summed E-state index contributed by atoms with van der Waals surface area (Å²) < 4.78 is 1.04. The van der Waals surface area contributed by atoms with Gasteiger partial charge in [-0.3, -0.25) is 5.43 Å². The van der Waals surface area contributed by atoms with Crippen LogP contribution in [0.3, 0.4) is 0 Å². The molecule has 1 N–H and O–H groups in total. The molecule has 0 fully saturated rings. The molecule has 86 valence electrons. The Morgan fingerprint density at radius 1 is 1.06 bits per heavy atom. The molecule has 0 aliphatic carbocycles. The fourth-order valence-electron chi connectivity index (χ4n) is 1.28. The van der Waals surface area contributed by atoms with Gasteiger partial charge in [0.1, 0.15) is 0 Å². The number of hydrazone groups is 1. The third kappa shape index (κ3) is 3.58. The van der Waals surface area contributed by atoms with Crippen LogP contribution in [0, 0.1) is 0 Å². The van der Waals surface area contributed by atoms with E-state index in [4.69, 9.17) is 11.6 Å². The van der Waals surface area contributed by atoms with E-state index in [2.05, 4.69) is 26.5 Å². The molecular weight excluding hydrogens is 300 g/mol. The largest absolute Gasteiger partial charge is 0.279 e. The highest BCUT2D eigenvalue weighted by molar-refractivity contribution is 9.10. The van der Waals surface area contributed by atoms with Crippen LogP contribution in [0.2, 0.25) is 5.02 Å². The number of halogens is 2. The molecule has 0 heterocycles. The molecule has 0 aliphatic heterocycles. The Morgan fingerprint density at radius 3 is 2.47 bits per heavy atom. The third-order valence-corrected chi connectivity index (χ3v) is 3.02. The molecular formula is C13H10BrClN2. The first-order valence-corrected chi connectivity index (χ1v) is 6.22. The Bertz CT molecular complexity index is 523. The van der Waals surface area contributed by atoms with E-state index in [9.17, 15) is 0 Å². The van der Waals surface area contributed by atoms with E-state index in [-0.39, 0.29) is 0 Å². The van der Waals surface area contributed by atoms with Crippen molar-refractivity contribution in [1.29, 1.82) is 0 Å². The summed E-state index contributed by atoms with van der Waals surface area (Å²) >= 11 is 9.38. The normalized spacial score (nSPS) is 10.7. The van der Waals surface area contributed by atoms with Gasteiger partial charge in [-0.1, -0.05) is 45.7 Å². The van der Waals surface area contributed by atoms with Crippen LogP contribution in [0.1, 0.15) is 5.56 Å². The zero-order valence-electron chi connectivity index (χ0n) is 8.90. The van der Waals surface area contributed by atoms with Crippen LogP contribution < -0.4 is 5.43 Å². The lowest BCUT2D eigenvalue weighted by Gasteiger charge is -2.00. The van der Waals surface area contributed by atoms with Crippen LogP contribution in [-0.4, -0.2) is 6.21 Å². The van der Waals surface area contributed by atoms with Crippen molar-refractivity contribution in [2.45, 2.75) is 0 Å². The summed E-state index contributed by atoms with van der Waals surface area (Å²) in [6, 6.07) is 15.3. The second kappa shape index (κ2) is 5.84. The van der Waals surface area contributed by atoms with Gasteiger partial charge in [-0.15, -0.1) is 0 Å². The minimum Gasteiger partial charge on any atom is -0.279 e. The molecule has 0 bridgehead atoms. The molecule has 17 heavy (non-hydrogen) atoms. The highest BCUT2D eigenvalue weighted by Gasteiger charge is 1.94. The Morgan fingerprint density at radius 2 is 1.76 bits per heavy atom. The van der Waals surface area contributed by atoms with Gasteiger partial charge >= 0.3 is 0 Å². The molecule has 0 atom stereocenters. The second-order valence-electron chi connectivity index (χ2n) is 3.40. The number of hydrogen-bond acceptors (Lipinski definition) is 2. The van der Waals surface area contributed by atoms with Crippen LogP contribution in [0.5, 0.6) is 0 Å². The van der Waals surface area contributed by atoms with E-state index in [0.29, 0.717) is 5.02 Å². The van der Waals surface area contributed by atoms with Gasteiger partial charge in [0.05, 0.1) is 11.9 Å². The van der Waals surface area contributed by atoms with E-state index < -0.39 is 0 Å². The molecule has 0 radical (unpaired) electrons. The van der Waals surface area contributed by atoms with Crippen molar-refractivity contribution in [2.75, 3.05) is 5.43 Å². The van der Waals surface area contributed by atoms with Gasteiger partial charge in [0.2, 0.25) is 0 Å². The fourth-order valence-corrected chi connectivity index (χ4v) is 1.73. The van der Waals surface area contributed by atoms with Crippen molar-refractivity contribution < 1.29 is 0 Å². The van der Waals surface area contributed by atoms with E-state index in [0.717, 1.165) is 15.7 Å². The molecule has 0 spiro atoms. The first-order chi connectivity index (χ1) is 8.25. The van der Waals surface area contributed by atoms with Crippen molar-refractivity contribution in [1.82, 2.24) is 0 Å². The van der Waals surface area contributed by atoms with Crippen LogP contribution in [-0.2, 0) is 0 Å². The number of nitrogens with one attached hydrogen (secondary N) is 1. The highest BCUT2D eigenvalue weighted by atomic mass is 79.9. The van der Waals surface area contributed by atoms with E-state index in [1.807, 2.05) is 48.5 Å². The SMILES string of the molecule is Clc1ccccc1C=NNc1ccc(Br)cc1. The number of rotatable bonds is 3. The zero-order chi connectivity index (χ0) is 12.1. The third-order valence-electron chi connectivity index (χ3n) is 2.15. The first-order valence-electron chi connectivity index (χ1n) is 5.05. The second-order valence-corrected chi connectivity index (χ2v) is 4.72. The molecule has 2 aromatic carbocycles. The number of nitrogens with zero attached hydrogens (tertiary/aromatic N) is 1. The Balaban J connectivity index is 2.03. The molecule has 2 nitrogen and oxygen atoms in total. The quantitative estimate of drug-likeness (QED) is 0.653. The maximum absolute atomic E-state index is 6.00. The zero-order valence-corrected chi connectivity index (χ0v) is 11.2. The molecule has 0 unspecified atom stereocenters. The van der Waals surface area contributed by atoms with Gasteiger partial charge in [-0.25, -0.2) is 0 Å². The number of benzene rings is 2. The van der Waals surface area contributed by atoms with Gasteiger partial charge in [0.15, 0.2) is 0 Å². The van der Waals surface area contributed by atoms with E-state index in [1.54, 1.807) is 6.21 Å². The van der Waals surface area contributed by atoms with Gasteiger partial charge in [0.25, 0.3) is 0 Å². The molecule has 0 saturated heterocycles. The van der Waals surface area contributed by atoms with Gasteiger partial charge in [-0.2, -0.15) is 5.10 Å². The van der Waals surface area contributed by atoms with Crippen LogP contribution in [0.4, 0.5) is 5.69 Å². The first kappa shape index (κ1) is 12.1. The molecule has 4 heteroatoms. The summed E-state index contributed by atoms with van der Waals surface area (Å²) in [5.74, 6) is 0. The lowest BCUT2D eigenvalue weighted by molar-refractivity contribution is 1.35. The van der Waals surface area contributed by atoms with Gasteiger partial charge < -0.3 is 0 Å². The Hall–Kier alpha value is -1.32. The average Bonchev–Trinajstić information content (AvgIpc) is 2.34. The summed E-state index contributed by atoms with van der Waals surface area (Å²) in [6.45, 7) is 0. The maximum atomic E-state index is 6.00. The van der Waals surface area contributed by atoms with Crippen molar-refractivity contribution >= 4 is 39.4 Å². The monoisotopic (exact) mass is 308 g/mol. The predicted octanol–water partition coefficient (Wildman–Crippen LogP) is 4.55. The predicted molar refractivity (Wildman–Crippen MR) is 76.8 cm³/mol. The molecule has 0 saturated carbocycles. The summed E-state index contributed by atoms with van der Waals surface area (Å²) in [4.78, 5) is 0. The number of anilines is 1. The van der Waals surface area contributed by atoms with Gasteiger partial charge in [-0.05, 0) is 30.3 Å². The minimum absolute atomic E-state index is 0.689. The van der Waals surface area contributed by atoms with Crippen molar-refractivity contribution in [3.8, 4) is 0 Å². The summed E-state index contributed by atoms with van der Waals surface area (Å²) in [6.07, 6.45) is 1.70. The molecule has 0 aromatic heterocycles. The topological polar surface area (TPSA) is 24.4 Å². The lowest BCUT2D eigenvalue weighted by Crippen LogP contribution is -1.90. The standard InChI is InChI=1S/C13H10BrClN2/c14-11-5-7-12(8-6-11)17-16-9-10-3-1-2-4-13(10)15/h1-9,17H. The van der Waals surface area contributed by atoms with E-state index in [1.165, 1.54) is 0 Å². The van der Waals surface area contributed by atoms with Crippen LogP contribution >= 0.6 is 27.5 Å². The summed E-state index contributed by atoms with van der Waals surface area (Å²) in [5, 5.41) is 4.82. The van der Waals surface area contributed by atoms with Gasteiger partial charge in [0, 0.05) is 15.1 Å². The Kier molecular flexibility index (Phi) is 4.18. The average molecular weight is 310 g/mol. The Labute approximate surface area is 113 Å². The smallest absolute Gasteiger partial charge is 0.0562 e. The van der Waals surface area contributed by atoms with Crippen molar-refractivity contribution in [2.24, 2.45) is 5.10 Å². The summed E-state index contributed by atoms with van der Waals surface area (Å²) in [7, 11) is 0. The van der Waals surface area contributed by atoms with Crippen molar-refractivity contribution in [3.63, 3.8) is 0 Å². The number of hydrogen-bond donors (Lipinski definition) is 1. The van der Waals surface area contributed by atoms with Crippen LogP contribution in [0.25, 0.3) is 0 Å². The van der Waals surface area contributed by atoms with E-state index >= 15 is 0 Å². The molecule has 2 aromatic rings. The molecule has 0 amide bonds. The molecule has 2 rings (SSSR count). The molecule has 0 aliphatic rings. The highest BCUT2D eigenvalue weighted by Crippen LogP contribution is 2.15. The van der Waals surface area contributed by atoms with Crippen LogP contribution in [0.15, 0.2) is 58.1 Å². The minimum atomic E-state index is 0.689.